The zero-order valence-corrected chi connectivity index (χ0v) is 10.2. The molecular formula is C12H16O6. The quantitative estimate of drug-likeness (QED) is 0.699. The third-order valence-electron chi connectivity index (χ3n) is 3.77. The number of hydrogen-bond acceptors (Lipinski definition) is 5. The van der Waals surface area contributed by atoms with Crippen LogP contribution in [0.25, 0.3) is 0 Å². The van der Waals surface area contributed by atoms with Gasteiger partial charge in [0.15, 0.2) is 6.29 Å². The van der Waals surface area contributed by atoms with E-state index in [0.717, 1.165) is 6.26 Å². The standard InChI is InChI=1S/C12H16O6/c1-5-9(18-6(2)13)3-7-8(11(14)15)4-17-12(16)10(5)7/h4-5,7,9-10,12,16H,3H2,1-2H3,(H,14,15)/t5-,7+,9-,10+,12+/m1/s1. The highest BCUT2D eigenvalue weighted by Crippen LogP contribution is 2.46. The van der Waals surface area contributed by atoms with Crippen molar-refractivity contribution >= 4 is 11.9 Å². The van der Waals surface area contributed by atoms with Crippen molar-refractivity contribution in [2.75, 3.05) is 0 Å². The first-order valence-electron chi connectivity index (χ1n) is 5.86. The Morgan fingerprint density at radius 1 is 1.50 bits per heavy atom. The molecule has 2 aliphatic rings. The van der Waals surface area contributed by atoms with Crippen molar-refractivity contribution in [2.45, 2.75) is 32.7 Å². The van der Waals surface area contributed by atoms with Crippen molar-refractivity contribution in [3.63, 3.8) is 0 Å². The van der Waals surface area contributed by atoms with Crippen molar-refractivity contribution in [1.29, 1.82) is 0 Å². The van der Waals surface area contributed by atoms with E-state index in [9.17, 15) is 14.7 Å². The van der Waals surface area contributed by atoms with Crippen molar-refractivity contribution < 1.29 is 29.3 Å². The third kappa shape index (κ3) is 2.08. The van der Waals surface area contributed by atoms with E-state index in [4.69, 9.17) is 14.6 Å². The third-order valence-corrected chi connectivity index (χ3v) is 3.77. The van der Waals surface area contributed by atoms with Crippen molar-refractivity contribution in [3.8, 4) is 0 Å². The number of carbonyl (C=O) groups is 2. The Balaban J connectivity index is 2.24. The van der Waals surface area contributed by atoms with Gasteiger partial charge in [-0.1, -0.05) is 6.92 Å². The summed E-state index contributed by atoms with van der Waals surface area (Å²) < 4.78 is 10.1. The average Bonchev–Trinajstić information content (AvgIpc) is 2.56. The van der Waals surface area contributed by atoms with Crippen molar-refractivity contribution in [3.05, 3.63) is 11.8 Å². The Morgan fingerprint density at radius 2 is 2.17 bits per heavy atom. The highest BCUT2D eigenvalue weighted by molar-refractivity contribution is 5.87. The smallest absolute Gasteiger partial charge is 0.334 e. The molecule has 1 saturated carbocycles. The van der Waals surface area contributed by atoms with Crippen LogP contribution in [0.15, 0.2) is 11.8 Å². The maximum absolute atomic E-state index is 11.1. The number of rotatable bonds is 2. The van der Waals surface area contributed by atoms with Gasteiger partial charge in [0.25, 0.3) is 0 Å². The molecule has 0 amide bonds. The highest BCUT2D eigenvalue weighted by atomic mass is 16.6. The van der Waals surface area contributed by atoms with E-state index < -0.39 is 18.2 Å². The molecule has 0 spiro atoms. The van der Waals surface area contributed by atoms with Crippen LogP contribution in [0, 0.1) is 17.8 Å². The Hall–Kier alpha value is -1.56. The molecule has 0 saturated heterocycles. The summed E-state index contributed by atoms with van der Waals surface area (Å²) in [6, 6.07) is 0. The normalized spacial score (nSPS) is 38.4. The Morgan fingerprint density at radius 3 is 2.72 bits per heavy atom. The van der Waals surface area contributed by atoms with E-state index in [1.54, 1.807) is 0 Å². The molecule has 100 valence electrons. The summed E-state index contributed by atoms with van der Waals surface area (Å²) in [4.78, 5) is 22.1. The number of carbonyl (C=O) groups excluding carboxylic acids is 1. The zero-order valence-electron chi connectivity index (χ0n) is 10.2. The molecule has 1 fully saturated rings. The number of esters is 1. The molecule has 1 aliphatic carbocycles. The number of carboxylic acid groups (broad SMARTS) is 1. The maximum Gasteiger partial charge on any atom is 0.334 e. The van der Waals surface area contributed by atoms with Crippen LogP contribution in [0.1, 0.15) is 20.3 Å². The number of aliphatic hydroxyl groups excluding tert-OH is 1. The van der Waals surface area contributed by atoms with Gasteiger partial charge in [-0.05, 0) is 6.42 Å². The van der Waals surface area contributed by atoms with E-state index in [0.29, 0.717) is 6.42 Å². The number of hydrogen-bond donors (Lipinski definition) is 2. The molecule has 6 nitrogen and oxygen atoms in total. The molecule has 0 aromatic heterocycles. The van der Waals surface area contributed by atoms with E-state index in [1.807, 2.05) is 6.92 Å². The van der Waals surface area contributed by atoms with Gasteiger partial charge >= 0.3 is 11.9 Å². The molecule has 2 N–H and O–H groups in total. The molecule has 5 atom stereocenters. The molecular weight excluding hydrogens is 240 g/mol. The topological polar surface area (TPSA) is 93.1 Å². The maximum atomic E-state index is 11.1. The van der Waals surface area contributed by atoms with Crippen LogP contribution in [0.3, 0.4) is 0 Å². The van der Waals surface area contributed by atoms with Gasteiger partial charge in [0.1, 0.15) is 6.10 Å². The predicted molar refractivity (Wildman–Crippen MR) is 59.1 cm³/mol. The van der Waals surface area contributed by atoms with Gasteiger partial charge in [0.2, 0.25) is 0 Å². The molecule has 0 aromatic carbocycles. The lowest BCUT2D eigenvalue weighted by Crippen LogP contribution is -2.36. The summed E-state index contributed by atoms with van der Waals surface area (Å²) in [6.45, 7) is 3.14. The fourth-order valence-electron chi connectivity index (χ4n) is 2.93. The molecule has 0 radical (unpaired) electrons. The number of carboxylic acids is 1. The summed E-state index contributed by atoms with van der Waals surface area (Å²) in [5.41, 5.74) is 0.131. The fraction of sp³-hybridized carbons (Fsp3) is 0.667. The van der Waals surface area contributed by atoms with E-state index >= 15 is 0 Å². The van der Waals surface area contributed by atoms with E-state index in [-0.39, 0.29) is 29.4 Å². The molecule has 0 aromatic rings. The van der Waals surface area contributed by atoms with Crippen LogP contribution >= 0.6 is 0 Å². The lowest BCUT2D eigenvalue weighted by atomic mass is 9.83. The lowest BCUT2D eigenvalue weighted by molar-refractivity contribution is -0.153. The van der Waals surface area contributed by atoms with E-state index in [2.05, 4.69) is 0 Å². The Labute approximate surface area is 104 Å². The summed E-state index contributed by atoms with van der Waals surface area (Å²) in [7, 11) is 0. The van der Waals surface area contributed by atoms with Crippen LogP contribution in [0.5, 0.6) is 0 Å². The second kappa shape index (κ2) is 4.61. The van der Waals surface area contributed by atoms with E-state index in [1.165, 1.54) is 6.92 Å². The van der Waals surface area contributed by atoms with Crippen molar-refractivity contribution in [2.24, 2.45) is 17.8 Å². The van der Waals surface area contributed by atoms with Crippen LogP contribution in [0.2, 0.25) is 0 Å². The molecule has 6 heteroatoms. The monoisotopic (exact) mass is 256 g/mol. The number of aliphatic hydroxyl groups is 1. The van der Waals surface area contributed by atoms with Gasteiger partial charge in [-0.15, -0.1) is 0 Å². The first-order chi connectivity index (χ1) is 8.41. The second-order valence-electron chi connectivity index (χ2n) is 4.83. The van der Waals surface area contributed by atoms with Crippen LogP contribution in [0.4, 0.5) is 0 Å². The SMILES string of the molecule is CC(=O)O[C@@H]1C[C@H]2C(C(=O)O)=CO[C@H](O)[C@H]2[C@@H]1C. The largest absolute Gasteiger partial charge is 0.478 e. The average molecular weight is 256 g/mol. The van der Waals surface area contributed by atoms with Gasteiger partial charge in [0, 0.05) is 24.7 Å². The van der Waals surface area contributed by atoms with Gasteiger partial charge < -0.3 is 19.7 Å². The van der Waals surface area contributed by atoms with Gasteiger partial charge in [-0.2, -0.15) is 0 Å². The fourth-order valence-corrected chi connectivity index (χ4v) is 2.93. The molecule has 0 unspecified atom stereocenters. The van der Waals surface area contributed by atoms with Gasteiger partial charge in [0.05, 0.1) is 11.8 Å². The minimum atomic E-state index is -1.06. The minimum absolute atomic E-state index is 0.131. The summed E-state index contributed by atoms with van der Waals surface area (Å²) in [6.07, 6.45) is 0.0753. The van der Waals surface area contributed by atoms with Crippen LogP contribution < -0.4 is 0 Å². The minimum Gasteiger partial charge on any atom is -0.478 e. The number of aliphatic carboxylic acids is 1. The van der Waals surface area contributed by atoms with Crippen molar-refractivity contribution in [1.82, 2.24) is 0 Å². The van der Waals surface area contributed by atoms with Crippen LogP contribution in [-0.4, -0.2) is 34.5 Å². The Bertz CT molecular complexity index is 401. The summed E-state index contributed by atoms with van der Waals surface area (Å²) in [5, 5.41) is 18.9. The molecule has 1 heterocycles. The summed E-state index contributed by atoms with van der Waals surface area (Å²) >= 11 is 0. The van der Waals surface area contributed by atoms with Crippen LogP contribution in [-0.2, 0) is 19.1 Å². The number of fused-ring (bicyclic) bond motifs is 1. The molecule has 1 aliphatic heterocycles. The first-order valence-corrected chi connectivity index (χ1v) is 5.86. The first kappa shape index (κ1) is 12.9. The zero-order chi connectivity index (χ0) is 13.4. The second-order valence-corrected chi connectivity index (χ2v) is 4.83. The predicted octanol–water partition coefficient (Wildman–Crippen LogP) is 0.507. The molecule has 2 rings (SSSR count). The van der Waals surface area contributed by atoms with Gasteiger partial charge in [-0.25, -0.2) is 4.79 Å². The Kier molecular flexibility index (Phi) is 3.30. The summed E-state index contributed by atoms with van der Waals surface area (Å²) in [5.74, 6) is -2.30. The van der Waals surface area contributed by atoms with Gasteiger partial charge in [-0.3, -0.25) is 4.79 Å². The molecule has 18 heavy (non-hydrogen) atoms. The highest BCUT2D eigenvalue weighted by Gasteiger charge is 2.51. The number of ether oxygens (including phenoxy) is 2. The molecule has 0 bridgehead atoms. The lowest BCUT2D eigenvalue weighted by Gasteiger charge is -2.31.